The van der Waals surface area contributed by atoms with Gasteiger partial charge in [0, 0.05) is 42.9 Å². The Hall–Kier alpha value is -3.31. The molecular formula is C27H33N5O5S. The number of ether oxygens (including phenoxy) is 2. The summed E-state index contributed by atoms with van der Waals surface area (Å²) in [6.45, 7) is 7.80. The van der Waals surface area contributed by atoms with Gasteiger partial charge in [-0.2, -0.15) is 0 Å². The van der Waals surface area contributed by atoms with Crippen molar-refractivity contribution >= 4 is 38.2 Å². The first kappa shape index (κ1) is 26.3. The first-order valence-electron chi connectivity index (χ1n) is 12.8. The first-order chi connectivity index (χ1) is 17.9. The van der Waals surface area contributed by atoms with Crippen molar-refractivity contribution in [2.24, 2.45) is 5.73 Å². The number of nitrogens with zero attached hydrogens (tertiary/aromatic N) is 3. The molecule has 0 spiro atoms. The van der Waals surface area contributed by atoms with Crippen LogP contribution in [0.5, 0.6) is 5.88 Å². The highest BCUT2D eigenvalue weighted by Crippen LogP contribution is 2.37. The minimum atomic E-state index is -3.08. The number of esters is 1. The molecule has 0 amide bonds. The quantitative estimate of drug-likeness (QED) is 0.423. The third-order valence-corrected chi connectivity index (χ3v) is 9.45. The van der Waals surface area contributed by atoms with Crippen LogP contribution in [0.1, 0.15) is 74.5 Å². The highest BCUT2D eigenvalue weighted by Gasteiger charge is 2.38. The largest absolute Gasteiger partial charge is 0.474 e. The van der Waals surface area contributed by atoms with Crippen molar-refractivity contribution in [1.82, 2.24) is 15.0 Å². The van der Waals surface area contributed by atoms with Gasteiger partial charge in [0.1, 0.15) is 23.8 Å². The van der Waals surface area contributed by atoms with Crippen molar-refractivity contribution < 1.29 is 22.7 Å². The lowest BCUT2D eigenvalue weighted by molar-refractivity contribution is 0.0235. The van der Waals surface area contributed by atoms with Crippen molar-refractivity contribution in [2.75, 3.05) is 11.6 Å². The van der Waals surface area contributed by atoms with E-state index in [4.69, 9.17) is 20.2 Å². The van der Waals surface area contributed by atoms with E-state index in [0.29, 0.717) is 53.4 Å². The van der Waals surface area contributed by atoms with Gasteiger partial charge in [0.15, 0.2) is 9.84 Å². The van der Waals surface area contributed by atoms with Crippen molar-refractivity contribution in [3.05, 3.63) is 47.4 Å². The van der Waals surface area contributed by atoms with Gasteiger partial charge in [0.25, 0.3) is 0 Å². The Bertz CT molecular complexity index is 1520. The molecule has 1 fully saturated rings. The molecule has 0 radical (unpaired) electrons. The predicted molar refractivity (Wildman–Crippen MR) is 144 cm³/mol. The van der Waals surface area contributed by atoms with Crippen LogP contribution >= 0.6 is 0 Å². The highest BCUT2D eigenvalue weighted by atomic mass is 32.2. The minimum absolute atomic E-state index is 0.0392. The molecule has 3 aromatic rings. The predicted octanol–water partition coefficient (Wildman–Crippen LogP) is 3.97. The molecule has 202 valence electrons. The second-order valence-electron chi connectivity index (χ2n) is 10.7. The lowest BCUT2D eigenvalue weighted by atomic mass is 9.88. The average Bonchev–Trinajstić information content (AvgIpc) is 2.83. The number of anilines is 2. The maximum absolute atomic E-state index is 12.3. The van der Waals surface area contributed by atoms with E-state index < -0.39 is 15.4 Å². The molecule has 5 rings (SSSR count). The van der Waals surface area contributed by atoms with Gasteiger partial charge in [-0.1, -0.05) is 13.8 Å². The van der Waals surface area contributed by atoms with E-state index in [0.717, 1.165) is 10.9 Å². The second kappa shape index (κ2) is 9.46. The molecule has 1 unspecified atom stereocenters. The summed E-state index contributed by atoms with van der Waals surface area (Å²) in [6.07, 6.45) is 5.75. The van der Waals surface area contributed by atoms with Crippen LogP contribution in [0, 0.1) is 0 Å². The molecule has 4 heterocycles. The fraction of sp³-hybridized carbons (Fsp3) is 0.481. The summed E-state index contributed by atoms with van der Waals surface area (Å²) in [5.74, 6) is 1.11. The number of aromatic nitrogens is 3. The molecule has 1 saturated carbocycles. The van der Waals surface area contributed by atoms with Crippen molar-refractivity contribution in [3.8, 4) is 5.88 Å². The standard InChI is InChI=1S/C27H33N5O5S/c1-6-27(4,28)21-13-30-25(37-16-9-17(10-16)38(5,34)35)20-12-29-23(11-19(20)21)31-22-8-7-18-24(32-22)14(2)15(3)36-26(18)33/h7-8,11-17H,6,9-10,28H2,1-5H3,(H,29,31,32)/t14-,15+,16-,17+,27?/m0/s1. The van der Waals surface area contributed by atoms with Gasteiger partial charge in [-0.3, -0.25) is 0 Å². The summed E-state index contributed by atoms with van der Waals surface area (Å²) in [5.41, 5.74) is 8.00. The van der Waals surface area contributed by atoms with Crippen LogP contribution in [0.3, 0.4) is 0 Å². The number of cyclic esters (lactones) is 1. The molecule has 38 heavy (non-hydrogen) atoms. The number of sulfone groups is 1. The van der Waals surface area contributed by atoms with Gasteiger partial charge >= 0.3 is 5.97 Å². The smallest absolute Gasteiger partial charge is 0.340 e. The molecule has 11 heteroatoms. The van der Waals surface area contributed by atoms with Crippen LogP contribution in [0.15, 0.2) is 30.6 Å². The number of fused-ring (bicyclic) bond motifs is 2. The molecule has 3 aromatic heterocycles. The average molecular weight is 540 g/mol. The Morgan fingerprint density at radius 3 is 2.58 bits per heavy atom. The van der Waals surface area contributed by atoms with E-state index in [1.807, 2.05) is 33.8 Å². The normalized spacial score (nSPS) is 24.6. The number of pyridine rings is 3. The highest BCUT2D eigenvalue weighted by molar-refractivity contribution is 7.91. The SMILES string of the molecule is CCC(C)(N)c1cnc(O[C@H]2C[C@@H](S(C)(=O)=O)C2)c2cnc(Nc3ccc4c(n3)[C@@H](C)[C@@H](C)OC4=O)cc12. The van der Waals surface area contributed by atoms with Gasteiger partial charge in [0.2, 0.25) is 5.88 Å². The lowest BCUT2D eigenvalue weighted by Crippen LogP contribution is -2.42. The van der Waals surface area contributed by atoms with Gasteiger partial charge in [-0.15, -0.1) is 0 Å². The summed E-state index contributed by atoms with van der Waals surface area (Å²) < 4.78 is 35.1. The van der Waals surface area contributed by atoms with Crippen LogP contribution in [0.4, 0.5) is 11.6 Å². The van der Waals surface area contributed by atoms with Gasteiger partial charge < -0.3 is 20.5 Å². The van der Waals surface area contributed by atoms with E-state index in [9.17, 15) is 13.2 Å². The van der Waals surface area contributed by atoms with E-state index in [1.165, 1.54) is 6.26 Å². The number of hydrogen-bond acceptors (Lipinski definition) is 10. The molecule has 10 nitrogen and oxygen atoms in total. The monoisotopic (exact) mass is 539 g/mol. The Morgan fingerprint density at radius 2 is 1.89 bits per heavy atom. The Labute approximate surface area is 222 Å². The van der Waals surface area contributed by atoms with Crippen molar-refractivity contribution in [3.63, 3.8) is 0 Å². The van der Waals surface area contributed by atoms with E-state index >= 15 is 0 Å². The molecule has 3 atom stereocenters. The van der Waals surface area contributed by atoms with Crippen LogP contribution in [-0.4, -0.2) is 53.1 Å². The second-order valence-corrected chi connectivity index (χ2v) is 13.0. The number of nitrogens with one attached hydrogen (secondary N) is 1. The zero-order valence-corrected chi connectivity index (χ0v) is 23.0. The van der Waals surface area contributed by atoms with E-state index in [-0.39, 0.29) is 29.3 Å². The van der Waals surface area contributed by atoms with Crippen LogP contribution in [-0.2, 0) is 20.1 Å². The van der Waals surface area contributed by atoms with Crippen molar-refractivity contribution in [2.45, 2.75) is 75.9 Å². The first-order valence-corrected chi connectivity index (χ1v) is 14.8. The van der Waals surface area contributed by atoms with Crippen LogP contribution in [0.25, 0.3) is 10.8 Å². The van der Waals surface area contributed by atoms with E-state index in [1.54, 1.807) is 24.5 Å². The summed E-state index contributed by atoms with van der Waals surface area (Å²) in [4.78, 5) is 26.1. The molecule has 0 saturated heterocycles. The van der Waals surface area contributed by atoms with Gasteiger partial charge in [-0.05, 0) is 49.4 Å². The zero-order valence-electron chi connectivity index (χ0n) is 22.2. The van der Waals surface area contributed by atoms with Crippen LogP contribution in [0.2, 0.25) is 0 Å². The summed E-state index contributed by atoms with van der Waals surface area (Å²) in [5, 5.41) is 4.41. The summed E-state index contributed by atoms with van der Waals surface area (Å²) >= 11 is 0. The number of carbonyl (C=O) groups excluding carboxylic acids is 1. The molecule has 1 aliphatic carbocycles. The zero-order chi connectivity index (χ0) is 27.4. The molecule has 2 aliphatic rings. The van der Waals surface area contributed by atoms with Crippen molar-refractivity contribution in [1.29, 1.82) is 0 Å². The third kappa shape index (κ3) is 4.80. The number of hydrogen-bond donors (Lipinski definition) is 2. The van der Waals surface area contributed by atoms with Gasteiger partial charge in [0.05, 0.1) is 21.9 Å². The minimum Gasteiger partial charge on any atom is -0.474 e. The number of rotatable bonds is 7. The number of nitrogens with two attached hydrogens (primary N) is 1. The maximum atomic E-state index is 12.3. The molecule has 0 bridgehead atoms. The van der Waals surface area contributed by atoms with Crippen LogP contribution < -0.4 is 15.8 Å². The summed E-state index contributed by atoms with van der Waals surface area (Å²) in [6, 6.07) is 5.33. The van der Waals surface area contributed by atoms with Gasteiger partial charge in [-0.25, -0.2) is 28.2 Å². The molecular weight excluding hydrogens is 506 g/mol. The van der Waals surface area contributed by atoms with E-state index in [2.05, 4.69) is 15.3 Å². The Kier molecular flexibility index (Phi) is 6.55. The topological polar surface area (TPSA) is 146 Å². The fourth-order valence-corrected chi connectivity index (χ4v) is 5.92. The Balaban J connectivity index is 1.48. The number of carbonyl (C=O) groups is 1. The maximum Gasteiger partial charge on any atom is 0.340 e. The lowest BCUT2D eigenvalue weighted by Gasteiger charge is -2.34. The fourth-order valence-electron chi connectivity index (χ4n) is 4.79. The Morgan fingerprint density at radius 1 is 1.16 bits per heavy atom. The molecule has 1 aliphatic heterocycles. The third-order valence-electron chi connectivity index (χ3n) is 7.85. The molecule has 0 aromatic carbocycles. The summed E-state index contributed by atoms with van der Waals surface area (Å²) in [7, 11) is -3.08. The molecule has 3 N–H and O–H groups in total.